The Kier molecular flexibility index (Phi) is 4.23. The van der Waals surface area contributed by atoms with Crippen LogP contribution in [0.2, 0.25) is 0 Å². The lowest BCUT2D eigenvalue weighted by Gasteiger charge is -2.15. The standard InChI is InChI=1S/C11H15N5O4/c1-2-7-5-15(9-4-3-8(6-17)20-9)11(19)16(10(7)18)14-13-12/h5,8-9,17H,2-4,6H2,1H3/t8-,9+/m0/s1. The minimum atomic E-state index is -0.742. The topological polar surface area (TPSA) is 122 Å². The molecule has 0 radical (unpaired) electrons. The van der Waals surface area contributed by atoms with Gasteiger partial charge in [-0.1, -0.05) is 11.6 Å². The number of rotatable bonds is 4. The highest BCUT2D eigenvalue weighted by Gasteiger charge is 2.29. The summed E-state index contributed by atoms with van der Waals surface area (Å²) in [5.41, 5.74) is 7.45. The molecule has 2 heterocycles. The van der Waals surface area contributed by atoms with Gasteiger partial charge in [-0.2, -0.15) is 4.91 Å². The van der Waals surface area contributed by atoms with Crippen LogP contribution in [0.3, 0.4) is 0 Å². The van der Waals surface area contributed by atoms with E-state index in [2.05, 4.69) is 10.1 Å². The minimum absolute atomic E-state index is 0.123. The Morgan fingerprint density at radius 2 is 2.30 bits per heavy atom. The van der Waals surface area contributed by atoms with Gasteiger partial charge in [-0.25, -0.2) is 9.59 Å². The molecule has 9 heteroatoms. The number of nitrogens with zero attached hydrogens (tertiary/aromatic N) is 5. The summed E-state index contributed by atoms with van der Waals surface area (Å²) in [7, 11) is 0. The van der Waals surface area contributed by atoms with E-state index < -0.39 is 17.5 Å². The molecule has 0 unspecified atom stereocenters. The first kappa shape index (κ1) is 14.3. The maximum absolute atomic E-state index is 12.1. The maximum Gasteiger partial charge on any atom is 0.428 e. The number of aliphatic hydroxyl groups is 1. The molecule has 1 aromatic rings. The lowest BCUT2D eigenvalue weighted by atomic mass is 10.2. The predicted molar refractivity (Wildman–Crippen MR) is 69.1 cm³/mol. The largest absolute Gasteiger partial charge is 0.428 e. The summed E-state index contributed by atoms with van der Waals surface area (Å²) >= 11 is 0. The highest BCUT2D eigenvalue weighted by Crippen LogP contribution is 2.26. The molecule has 0 amide bonds. The third-order valence-corrected chi connectivity index (χ3v) is 3.27. The molecular weight excluding hydrogens is 266 g/mol. The molecule has 0 spiro atoms. The monoisotopic (exact) mass is 281 g/mol. The molecular formula is C11H15N5O4. The Morgan fingerprint density at radius 1 is 1.55 bits per heavy atom. The van der Waals surface area contributed by atoms with Crippen LogP contribution < -0.4 is 11.2 Å². The second-order valence-corrected chi connectivity index (χ2v) is 4.47. The molecule has 0 aromatic carbocycles. The SMILES string of the molecule is CCc1cn([C@H]2CC[C@@H](CO)O2)c(=O)n(N=[N+]=[N-])c1=O. The van der Waals surface area contributed by atoms with Gasteiger partial charge in [0.25, 0.3) is 0 Å². The molecule has 0 saturated carbocycles. The van der Waals surface area contributed by atoms with Gasteiger partial charge < -0.3 is 9.84 Å². The highest BCUT2D eigenvalue weighted by atomic mass is 16.5. The van der Waals surface area contributed by atoms with Crippen LogP contribution in [0.1, 0.15) is 31.6 Å². The highest BCUT2D eigenvalue weighted by molar-refractivity contribution is 5.06. The van der Waals surface area contributed by atoms with E-state index in [9.17, 15) is 9.59 Å². The number of ether oxygens (including phenoxy) is 1. The summed E-state index contributed by atoms with van der Waals surface area (Å²) in [6.45, 7) is 1.64. The van der Waals surface area contributed by atoms with E-state index in [4.69, 9.17) is 15.4 Å². The van der Waals surface area contributed by atoms with Crippen LogP contribution in [0.15, 0.2) is 21.0 Å². The summed E-state index contributed by atoms with van der Waals surface area (Å²) < 4.78 is 7.25. The number of hydrogen-bond acceptors (Lipinski definition) is 5. The van der Waals surface area contributed by atoms with Crippen molar-refractivity contribution in [1.82, 2.24) is 9.24 Å². The lowest BCUT2D eigenvalue weighted by Crippen LogP contribution is -2.40. The Labute approximate surface area is 113 Å². The number of aliphatic hydroxyl groups excluding tert-OH is 1. The van der Waals surface area contributed by atoms with Crippen molar-refractivity contribution in [1.29, 1.82) is 0 Å². The second kappa shape index (κ2) is 5.91. The van der Waals surface area contributed by atoms with Gasteiger partial charge in [0, 0.05) is 6.20 Å². The molecule has 20 heavy (non-hydrogen) atoms. The molecule has 1 saturated heterocycles. The van der Waals surface area contributed by atoms with Gasteiger partial charge in [-0.15, -0.1) is 5.53 Å². The summed E-state index contributed by atoms with van der Waals surface area (Å²) in [6, 6.07) is 0. The van der Waals surface area contributed by atoms with Gasteiger partial charge in [0.2, 0.25) is 0 Å². The van der Waals surface area contributed by atoms with Gasteiger partial charge in [-0.05, 0) is 24.5 Å². The number of azide groups is 1. The average molecular weight is 281 g/mol. The van der Waals surface area contributed by atoms with E-state index in [0.29, 0.717) is 29.5 Å². The Balaban J connectivity index is 2.54. The maximum atomic E-state index is 12.1. The van der Waals surface area contributed by atoms with E-state index in [1.165, 1.54) is 10.8 Å². The second-order valence-electron chi connectivity index (χ2n) is 4.47. The van der Waals surface area contributed by atoms with Crippen LogP contribution in [0.5, 0.6) is 0 Å². The van der Waals surface area contributed by atoms with Crippen LogP contribution in [-0.4, -0.2) is 27.1 Å². The summed E-state index contributed by atoms with van der Waals surface area (Å²) in [5, 5.41) is 12.2. The molecule has 1 aliphatic heterocycles. The zero-order valence-corrected chi connectivity index (χ0v) is 11.0. The minimum Gasteiger partial charge on any atom is -0.394 e. The Bertz CT molecular complexity index is 658. The normalized spacial score (nSPS) is 21.7. The molecule has 1 aliphatic rings. The van der Waals surface area contributed by atoms with Crippen molar-refractivity contribution in [3.05, 3.63) is 43.0 Å². The molecule has 2 atom stereocenters. The molecule has 1 fully saturated rings. The third kappa shape index (κ3) is 2.46. The van der Waals surface area contributed by atoms with Crippen molar-refractivity contribution in [2.45, 2.75) is 38.5 Å². The van der Waals surface area contributed by atoms with Gasteiger partial charge >= 0.3 is 11.2 Å². The van der Waals surface area contributed by atoms with Crippen molar-refractivity contribution in [2.24, 2.45) is 5.22 Å². The molecule has 9 nitrogen and oxygen atoms in total. The summed E-state index contributed by atoms with van der Waals surface area (Å²) in [5.74, 6) is 0. The van der Waals surface area contributed by atoms with Crippen LogP contribution in [0.25, 0.3) is 10.4 Å². The first-order valence-electron chi connectivity index (χ1n) is 6.31. The zero-order chi connectivity index (χ0) is 14.7. The van der Waals surface area contributed by atoms with E-state index in [1.807, 2.05) is 0 Å². The molecule has 0 bridgehead atoms. The quantitative estimate of drug-likeness (QED) is 0.485. The van der Waals surface area contributed by atoms with E-state index in [-0.39, 0.29) is 12.7 Å². The van der Waals surface area contributed by atoms with Gasteiger partial charge in [0.15, 0.2) is 0 Å². The lowest BCUT2D eigenvalue weighted by molar-refractivity contribution is -0.0252. The summed E-state index contributed by atoms with van der Waals surface area (Å²) in [4.78, 5) is 26.5. The number of aryl methyl sites for hydroxylation is 1. The fourth-order valence-electron chi connectivity index (χ4n) is 2.20. The first-order valence-corrected chi connectivity index (χ1v) is 6.31. The van der Waals surface area contributed by atoms with Crippen molar-refractivity contribution >= 4 is 0 Å². The molecule has 1 aromatic heterocycles. The van der Waals surface area contributed by atoms with Crippen LogP contribution in [0, 0.1) is 0 Å². The van der Waals surface area contributed by atoms with Crippen molar-refractivity contribution in [3.63, 3.8) is 0 Å². The predicted octanol–water partition coefficient (Wildman–Crippen LogP) is 0.316. The average Bonchev–Trinajstić information content (AvgIpc) is 2.92. The van der Waals surface area contributed by atoms with Crippen molar-refractivity contribution in [3.8, 4) is 0 Å². The third-order valence-electron chi connectivity index (χ3n) is 3.27. The number of hydrogen-bond donors (Lipinski definition) is 1. The Hall–Kier alpha value is -2.09. The molecule has 0 aliphatic carbocycles. The van der Waals surface area contributed by atoms with Crippen molar-refractivity contribution in [2.75, 3.05) is 6.61 Å². The molecule has 1 N–H and O–H groups in total. The molecule has 108 valence electrons. The van der Waals surface area contributed by atoms with Gasteiger partial charge in [0.05, 0.1) is 18.3 Å². The molecule has 2 rings (SSSR count). The zero-order valence-electron chi connectivity index (χ0n) is 11.0. The van der Waals surface area contributed by atoms with Crippen LogP contribution >= 0.6 is 0 Å². The first-order chi connectivity index (χ1) is 9.62. The van der Waals surface area contributed by atoms with Gasteiger partial charge in [-0.3, -0.25) is 4.57 Å². The van der Waals surface area contributed by atoms with Crippen LogP contribution in [-0.2, 0) is 11.2 Å². The van der Waals surface area contributed by atoms with Gasteiger partial charge in [0.1, 0.15) is 6.23 Å². The van der Waals surface area contributed by atoms with E-state index in [0.717, 1.165) is 0 Å². The fraction of sp³-hybridized carbons (Fsp3) is 0.636. The van der Waals surface area contributed by atoms with Crippen LogP contribution in [0.4, 0.5) is 0 Å². The Morgan fingerprint density at radius 3 is 2.85 bits per heavy atom. The van der Waals surface area contributed by atoms with Crippen molar-refractivity contribution < 1.29 is 9.84 Å². The summed E-state index contributed by atoms with van der Waals surface area (Å²) in [6.07, 6.45) is 2.11. The number of aromatic nitrogens is 2. The van der Waals surface area contributed by atoms with E-state index >= 15 is 0 Å². The smallest absolute Gasteiger partial charge is 0.394 e. The fourth-order valence-corrected chi connectivity index (χ4v) is 2.20. The van der Waals surface area contributed by atoms with E-state index in [1.54, 1.807) is 6.92 Å².